The standard InChI is InChI=1S/C15H17NO5/c1-8(2)16(9(3)4)13(17)10-6-5-7-11-12(10)21-15(19)14(18)20-11/h5-9H,1-4H3. The number of fused-ring (bicyclic) bond motifs is 1. The number of hydrogen-bond donors (Lipinski definition) is 0. The van der Waals surface area contributed by atoms with Crippen molar-refractivity contribution in [2.75, 3.05) is 0 Å². The van der Waals surface area contributed by atoms with Gasteiger partial charge in [-0.1, -0.05) is 6.07 Å². The minimum Gasteiger partial charge on any atom is -0.414 e. The molecule has 0 atom stereocenters. The lowest BCUT2D eigenvalue weighted by Gasteiger charge is -2.30. The number of amides is 1. The van der Waals surface area contributed by atoms with Gasteiger partial charge in [0.2, 0.25) is 0 Å². The van der Waals surface area contributed by atoms with E-state index >= 15 is 0 Å². The van der Waals surface area contributed by atoms with Gasteiger partial charge in [0.25, 0.3) is 5.91 Å². The molecule has 6 nitrogen and oxygen atoms in total. The number of nitrogens with zero attached hydrogens (tertiary/aromatic N) is 1. The lowest BCUT2D eigenvalue weighted by molar-refractivity contribution is 0.0644. The first-order valence-electron chi connectivity index (χ1n) is 6.72. The first-order chi connectivity index (χ1) is 9.82. The van der Waals surface area contributed by atoms with Gasteiger partial charge in [0.1, 0.15) is 0 Å². The lowest BCUT2D eigenvalue weighted by atomic mass is 10.1. The van der Waals surface area contributed by atoms with Crippen molar-refractivity contribution in [3.8, 4) is 0 Å². The van der Waals surface area contributed by atoms with E-state index in [2.05, 4.69) is 0 Å². The van der Waals surface area contributed by atoms with Gasteiger partial charge in [-0.15, -0.1) is 0 Å². The second kappa shape index (κ2) is 5.55. The van der Waals surface area contributed by atoms with Gasteiger partial charge >= 0.3 is 11.3 Å². The summed E-state index contributed by atoms with van der Waals surface area (Å²) < 4.78 is 9.80. The van der Waals surface area contributed by atoms with Gasteiger partial charge in [-0.25, -0.2) is 9.59 Å². The van der Waals surface area contributed by atoms with Crippen molar-refractivity contribution in [1.82, 2.24) is 4.90 Å². The zero-order valence-electron chi connectivity index (χ0n) is 12.4. The summed E-state index contributed by atoms with van der Waals surface area (Å²) in [5.41, 5.74) is -1.92. The molecule has 0 aliphatic rings. The molecule has 0 aliphatic heterocycles. The van der Waals surface area contributed by atoms with Crippen LogP contribution in [0.5, 0.6) is 0 Å². The van der Waals surface area contributed by atoms with E-state index in [-0.39, 0.29) is 34.7 Å². The van der Waals surface area contributed by atoms with Crippen molar-refractivity contribution < 1.29 is 13.6 Å². The van der Waals surface area contributed by atoms with Crippen LogP contribution in [0.4, 0.5) is 0 Å². The first-order valence-corrected chi connectivity index (χ1v) is 6.72. The third-order valence-electron chi connectivity index (χ3n) is 3.12. The van der Waals surface area contributed by atoms with E-state index in [4.69, 9.17) is 8.83 Å². The molecule has 0 saturated heterocycles. The molecule has 6 heteroatoms. The first kappa shape index (κ1) is 15.0. The van der Waals surface area contributed by atoms with Crippen molar-refractivity contribution in [2.24, 2.45) is 0 Å². The Balaban J connectivity index is 2.66. The average molecular weight is 291 g/mol. The molecular formula is C15H17NO5. The van der Waals surface area contributed by atoms with Crippen molar-refractivity contribution in [3.63, 3.8) is 0 Å². The van der Waals surface area contributed by atoms with E-state index in [1.54, 1.807) is 17.0 Å². The molecule has 1 heterocycles. The Kier molecular flexibility index (Phi) is 3.97. The van der Waals surface area contributed by atoms with Crippen molar-refractivity contribution >= 4 is 17.1 Å². The smallest absolute Gasteiger partial charge is 0.414 e. The van der Waals surface area contributed by atoms with Gasteiger partial charge in [0.15, 0.2) is 11.2 Å². The largest absolute Gasteiger partial charge is 0.423 e. The summed E-state index contributed by atoms with van der Waals surface area (Å²) in [6.07, 6.45) is 0. The van der Waals surface area contributed by atoms with Gasteiger partial charge in [-0.2, -0.15) is 0 Å². The maximum absolute atomic E-state index is 12.7. The van der Waals surface area contributed by atoms with E-state index in [0.717, 1.165) is 0 Å². The number of para-hydroxylation sites is 1. The quantitative estimate of drug-likeness (QED) is 0.808. The summed E-state index contributed by atoms with van der Waals surface area (Å²) in [7, 11) is 0. The van der Waals surface area contributed by atoms with Crippen molar-refractivity contribution in [2.45, 2.75) is 39.8 Å². The molecule has 0 aliphatic carbocycles. The molecule has 1 aromatic carbocycles. The summed E-state index contributed by atoms with van der Waals surface area (Å²) in [5.74, 6) is -0.275. The predicted molar refractivity (Wildman–Crippen MR) is 77.5 cm³/mol. The summed E-state index contributed by atoms with van der Waals surface area (Å²) in [5, 5.41) is 0. The van der Waals surface area contributed by atoms with Gasteiger partial charge < -0.3 is 13.7 Å². The van der Waals surface area contributed by atoms with Gasteiger partial charge in [0, 0.05) is 12.1 Å². The molecule has 21 heavy (non-hydrogen) atoms. The fraction of sp³-hybridized carbons (Fsp3) is 0.400. The molecule has 0 bridgehead atoms. The molecular weight excluding hydrogens is 274 g/mol. The van der Waals surface area contributed by atoms with Crippen LogP contribution in [0.1, 0.15) is 38.1 Å². The zero-order chi connectivity index (χ0) is 15.7. The third kappa shape index (κ3) is 2.74. The van der Waals surface area contributed by atoms with Gasteiger partial charge in [0.05, 0.1) is 5.56 Å². The van der Waals surface area contributed by atoms with Crippen LogP contribution < -0.4 is 11.3 Å². The zero-order valence-corrected chi connectivity index (χ0v) is 12.4. The van der Waals surface area contributed by atoms with Crippen molar-refractivity contribution in [1.29, 1.82) is 0 Å². The monoisotopic (exact) mass is 291 g/mol. The summed E-state index contributed by atoms with van der Waals surface area (Å²) >= 11 is 0. The number of carbonyl (C=O) groups is 1. The number of hydrogen-bond acceptors (Lipinski definition) is 5. The van der Waals surface area contributed by atoms with Crippen LogP contribution in [0.15, 0.2) is 36.6 Å². The van der Waals surface area contributed by atoms with Gasteiger partial charge in [-0.05, 0) is 39.8 Å². The maximum Gasteiger partial charge on any atom is 0.423 e. The van der Waals surface area contributed by atoms with E-state index in [1.165, 1.54) is 6.07 Å². The van der Waals surface area contributed by atoms with Crippen LogP contribution in [0.25, 0.3) is 11.2 Å². The Labute approximate surface area is 121 Å². The fourth-order valence-corrected chi connectivity index (χ4v) is 2.35. The molecule has 1 aromatic heterocycles. The minimum absolute atomic E-state index is 0.00148. The molecule has 2 aromatic rings. The molecule has 0 unspecified atom stereocenters. The SMILES string of the molecule is CC(C)N(C(=O)c1cccc2oc(=O)c(=O)oc12)C(C)C. The Morgan fingerprint density at radius 2 is 1.57 bits per heavy atom. The van der Waals surface area contributed by atoms with E-state index < -0.39 is 11.3 Å². The van der Waals surface area contributed by atoms with Crippen LogP contribution in [0, 0.1) is 0 Å². The number of benzene rings is 1. The predicted octanol–water partition coefficient (Wildman–Crippen LogP) is 2.01. The minimum atomic E-state index is -1.12. The topological polar surface area (TPSA) is 80.7 Å². The molecule has 2 rings (SSSR count). The van der Waals surface area contributed by atoms with Crippen LogP contribution in [0.2, 0.25) is 0 Å². The van der Waals surface area contributed by atoms with Crippen LogP contribution in [-0.2, 0) is 0 Å². The van der Waals surface area contributed by atoms with E-state index in [9.17, 15) is 14.4 Å². The molecule has 112 valence electrons. The normalized spacial score (nSPS) is 11.3. The molecule has 1 amide bonds. The lowest BCUT2D eigenvalue weighted by Crippen LogP contribution is -2.42. The number of rotatable bonds is 3. The van der Waals surface area contributed by atoms with Crippen LogP contribution >= 0.6 is 0 Å². The highest BCUT2D eigenvalue weighted by Crippen LogP contribution is 2.20. The van der Waals surface area contributed by atoms with E-state index in [1.807, 2.05) is 27.7 Å². The Bertz CT molecular complexity index is 776. The average Bonchev–Trinajstić information content (AvgIpc) is 2.38. The second-order valence-electron chi connectivity index (χ2n) is 5.31. The molecule has 0 N–H and O–H groups in total. The molecule has 0 radical (unpaired) electrons. The second-order valence-corrected chi connectivity index (χ2v) is 5.31. The van der Waals surface area contributed by atoms with Gasteiger partial charge in [-0.3, -0.25) is 4.79 Å². The highest BCUT2D eigenvalue weighted by Gasteiger charge is 2.25. The molecule has 0 saturated carbocycles. The third-order valence-corrected chi connectivity index (χ3v) is 3.12. The summed E-state index contributed by atoms with van der Waals surface area (Å²) in [6.45, 7) is 7.61. The highest BCUT2D eigenvalue weighted by atomic mass is 16.5. The Morgan fingerprint density at radius 3 is 2.14 bits per heavy atom. The number of carbonyl (C=O) groups excluding carboxylic acids is 1. The Hall–Kier alpha value is -2.37. The van der Waals surface area contributed by atoms with Crippen molar-refractivity contribution in [3.05, 3.63) is 44.6 Å². The molecule has 0 fully saturated rings. The summed E-state index contributed by atoms with van der Waals surface area (Å²) in [4.78, 5) is 36.9. The maximum atomic E-state index is 12.7. The van der Waals surface area contributed by atoms with Crippen LogP contribution in [-0.4, -0.2) is 22.9 Å². The highest BCUT2D eigenvalue weighted by molar-refractivity contribution is 6.03. The molecule has 0 spiro atoms. The summed E-state index contributed by atoms with van der Waals surface area (Å²) in [6, 6.07) is 4.57. The Morgan fingerprint density at radius 1 is 1.00 bits per heavy atom. The fourth-order valence-electron chi connectivity index (χ4n) is 2.35. The van der Waals surface area contributed by atoms with E-state index in [0.29, 0.717) is 0 Å². The van der Waals surface area contributed by atoms with Crippen LogP contribution in [0.3, 0.4) is 0 Å².